The number of hydrogen-bond acceptors (Lipinski definition) is 3. The van der Waals surface area contributed by atoms with Crippen LogP contribution < -0.4 is 11.3 Å². The average molecular weight is 180 g/mol. The second-order valence-electron chi connectivity index (χ2n) is 2.76. The Bertz CT molecular complexity index is 323. The summed E-state index contributed by atoms with van der Waals surface area (Å²) < 4.78 is 0. The molecule has 0 aliphatic carbocycles. The van der Waals surface area contributed by atoms with Gasteiger partial charge < -0.3 is 10.7 Å². The monoisotopic (exact) mass is 180 g/mol. The Hall–Kier alpha value is -1.42. The zero-order chi connectivity index (χ0) is 9.68. The quantitative estimate of drug-likeness (QED) is 0.654. The lowest BCUT2D eigenvalue weighted by atomic mass is 10.1. The Balaban J connectivity index is 2.66. The fourth-order valence-electron chi connectivity index (χ4n) is 0.991. The Labute approximate surface area is 75.8 Å². The maximum atomic E-state index is 11.3. The Morgan fingerprint density at radius 1 is 1.46 bits per heavy atom. The van der Waals surface area contributed by atoms with Gasteiger partial charge in [-0.1, -0.05) is 0 Å². The van der Waals surface area contributed by atoms with E-state index in [1.54, 1.807) is 0 Å². The number of ketones is 1. The van der Waals surface area contributed by atoms with E-state index in [4.69, 9.17) is 5.73 Å². The van der Waals surface area contributed by atoms with E-state index in [0.717, 1.165) is 0 Å². The van der Waals surface area contributed by atoms with Gasteiger partial charge in [0.2, 0.25) is 5.56 Å². The highest BCUT2D eigenvalue weighted by molar-refractivity contribution is 5.95. The van der Waals surface area contributed by atoms with Crippen LogP contribution in [-0.2, 0) is 0 Å². The van der Waals surface area contributed by atoms with Crippen LogP contribution in [0.4, 0.5) is 0 Å². The maximum Gasteiger partial charge on any atom is 0.247 e. The van der Waals surface area contributed by atoms with Crippen molar-refractivity contribution in [2.45, 2.75) is 12.8 Å². The van der Waals surface area contributed by atoms with Gasteiger partial charge in [0.05, 0.1) is 0 Å². The fourth-order valence-corrected chi connectivity index (χ4v) is 0.991. The molecule has 0 fully saturated rings. The predicted molar refractivity (Wildman–Crippen MR) is 49.7 cm³/mol. The van der Waals surface area contributed by atoms with E-state index in [0.29, 0.717) is 24.9 Å². The molecule has 0 radical (unpaired) electrons. The first kappa shape index (κ1) is 9.67. The van der Waals surface area contributed by atoms with Crippen molar-refractivity contribution in [3.8, 4) is 0 Å². The second kappa shape index (κ2) is 4.57. The normalized spacial score (nSPS) is 9.92. The summed E-state index contributed by atoms with van der Waals surface area (Å²) in [5.41, 5.74) is 5.61. The molecule has 1 rings (SSSR count). The minimum Gasteiger partial charge on any atom is -0.330 e. The summed E-state index contributed by atoms with van der Waals surface area (Å²) in [6, 6.07) is 2.87. The van der Waals surface area contributed by atoms with Crippen molar-refractivity contribution in [2.75, 3.05) is 6.54 Å². The van der Waals surface area contributed by atoms with E-state index >= 15 is 0 Å². The molecule has 1 aromatic heterocycles. The molecule has 4 nitrogen and oxygen atoms in total. The number of pyridine rings is 1. The molecule has 0 spiro atoms. The standard InChI is InChI=1S/C9H12N2O2/c10-5-1-2-8(12)7-3-4-9(13)11-6-7/h3-4,6H,1-2,5,10H2,(H,11,13). The average Bonchev–Trinajstić information content (AvgIpc) is 2.15. The number of nitrogens with two attached hydrogens (primary N) is 1. The molecule has 0 aliphatic rings. The van der Waals surface area contributed by atoms with Crippen molar-refractivity contribution in [1.29, 1.82) is 0 Å². The number of rotatable bonds is 4. The lowest BCUT2D eigenvalue weighted by Crippen LogP contribution is -2.08. The number of hydrogen-bond donors (Lipinski definition) is 2. The number of nitrogens with one attached hydrogen (secondary N) is 1. The summed E-state index contributed by atoms with van der Waals surface area (Å²) in [5, 5.41) is 0. The van der Waals surface area contributed by atoms with Gasteiger partial charge >= 0.3 is 0 Å². The van der Waals surface area contributed by atoms with Gasteiger partial charge in [-0.25, -0.2) is 0 Å². The van der Waals surface area contributed by atoms with Gasteiger partial charge in [0.25, 0.3) is 0 Å². The molecule has 0 amide bonds. The van der Waals surface area contributed by atoms with Crippen LogP contribution in [-0.4, -0.2) is 17.3 Å². The van der Waals surface area contributed by atoms with Gasteiger partial charge in [0.1, 0.15) is 0 Å². The van der Waals surface area contributed by atoms with Crippen molar-refractivity contribution < 1.29 is 4.79 Å². The Morgan fingerprint density at radius 3 is 2.77 bits per heavy atom. The number of Topliss-reactive ketones (excluding diaryl/α,β-unsaturated/α-hetero) is 1. The van der Waals surface area contributed by atoms with E-state index in [1.165, 1.54) is 18.3 Å². The topological polar surface area (TPSA) is 76.0 Å². The second-order valence-corrected chi connectivity index (χ2v) is 2.76. The van der Waals surface area contributed by atoms with Crippen LogP contribution in [0, 0.1) is 0 Å². The van der Waals surface area contributed by atoms with Crippen LogP contribution in [0.5, 0.6) is 0 Å². The maximum absolute atomic E-state index is 11.3. The van der Waals surface area contributed by atoms with Crippen LogP contribution >= 0.6 is 0 Å². The summed E-state index contributed by atoms with van der Waals surface area (Å²) in [4.78, 5) is 24.5. The van der Waals surface area contributed by atoms with Crippen LogP contribution in [0.1, 0.15) is 23.2 Å². The molecule has 3 N–H and O–H groups in total. The summed E-state index contributed by atoms with van der Waals surface area (Å²) in [5.74, 6) is 0.0155. The molecule has 4 heteroatoms. The van der Waals surface area contributed by atoms with Gasteiger partial charge in [0, 0.05) is 24.2 Å². The Kier molecular flexibility index (Phi) is 3.40. The van der Waals surface area contributed by atoms with E-state index in [1.807, 2.05) is 0 Å². The molecule has 0 bridgehead atoms. The SMILES string of the molecule is NCCCC(=O)c1ccc(=O)[nH]c1. The minimum absolute atomic E-state index is 0.0155. The van der Waals surface area contributed by atoms with Gasteiger partial charge in [-0.2, -0.15) is 0 Å². The molecule has 1 aromatic rings. The number of carbonyl (C=O) groups is 1. The molecule has 0 aromatic carbocycles. The summed E-state index contributed by atoms with van der Waals surface area (Å²) in [6.07, 6.45) is 2.54. The molecule has 0 atom stereocenters. The van der Waals surface area contributed by atoms with Crippen molar-refractivity contribution in [2.24, 2.45) is 5.73 Å². The smallest absolute Gasteiger partial charge is 0.247 e. The molecular formula is C9H12N2O2. The summed E-state index contributed by atoms with van der Waals surface area (Å²) in [6.45, 7) is 0.509. The summed E-state index contributed by atoms with van der Waals surface area (Å²) >= 11 is 0. The highest BCUT2D eigenvalue weighted by Gasteiger charge is 2.03. The molecule has 0 unspecified atom stereocenters. The molecule has 0 saturated carbocycles. The van der Waals surface area contributed by atoms with E-state index in [-0.39, 0.29) is 11.3 Å². The first-order chi connectivity index (χ1) is 6.24. The zero-order valence-corrected chi connectivity index (χ0v) is 7.25. The number of aromatic nitrogens is 1. The first-order valence-electron chi connectivity index (χ1n) is 4.16. The van der Waals surface area contributed by atoms with E-state index in [9.17, 15) is 9.59 Å². The zero-order valence-electron chi connectivity index (χ0n) is 7.25. The lowest BCUT2D eigenvalue weighted by Gasteiger charge is -1.97. The van der Waals surface area contributed by atoms with Gasteiger partial charge in [-0.3, -0.25) is 9.59 Å². The van der Waals surface area contributed by atoms with Crippen LogP contribution in [0.15, 0.2) is 23.1 Å². The molecular weight excluding hydrogens is 168 g/mol. The highest BCUT2D eigenvalue weighted by Crippen LogP contribution is 2.00. The Morgan fingerprint density at radius 2 is 2.23 bits per heavy atom. The lowest BCUT2D eigenvalue weighted by molar-refractivity contribution is 0.0980. The van der Waals surface area contributed by atoms with Crippen molar-refractivity contribution in [3.05, 3.63) is 34.2 Å². The van der Waals surface area contributed by atoms with Gasteiger partial charge in [-0.05, 0) is 19.0 Å². The van der Waals surface area contributed by atoms with Crippen LogP contribution in [0.25, 0.3) is 0 Å². The molecule has 13 heavy (non-hydrogen) atoms. The predicted octanol–water partition coefficient (Wildman–Crippen LogP) is 0.297. The third-order valence-electron chi connectivity index (χ3n) is 1.71. The first-order valence-corrected chi connectivity index (χ1v) is 4.16. The number of aromatic amines is 1. The van der Waals surface area contributed by atoms with Crippen molar-refractivity contribution >= 4 is 5.78 Å². The summed E-state index contributed by atoms with van der Waals surface area (Å²) in [7, 11) is 0. The molecule has 0 aliphatic heterocycles. The third-order valence-corrected chi connectivity index (χ3v) is 1.71. The molecule has 70 valence electrons. The van der Waals surface area contributed by atoms with Crippen LogP contribution in [0.2, 0.25) is 0 Å². The minimum atomic E-state index is -0.199. The van der Waals surface area contributed by atoms with Gasteiger partial charge in [-0.15, -0.1) is 0 Å². The molecule has 0 saturated heterocycles. The van der Waals surface area contributed by atoms with Crippen LogP contribution in [0.3, 0.4) is 0 Å². The number of H-pyrrole nitrogens is 1. The van der Waals surface area contributed by atoms with E-state index < -0.39 is 0 Å². The number of carbonyl (C=O) groups excluding carboxylic acids is 1. The van der Waals surface area contributed by atoms with E-state index in [2.05, 4.69) is 4.98 Å². The molecule has 1 heterocycles. The largest absolute Gasteiger partial charge is 0.330 e. The third kappa shape index (κ3) is 2.83. The van der Waals surface area contributed by atoms with Crippen molar-refractivity contribution in [1.82, 2.24) is 4.98 Å². The van der Waals surface area contributed by atoms with Crippen molar-refractivity contribution in [3.63, 3.8) is 0 Å². The highest BCUT2D eigenvalue weighted by atomic mass is 16.1. The fraction of sp³-hybridized carbons (Fsp3) is 0.333. The van der Waals surface area contributed by atoms with Gasteiger partial charge in [0.15, 0.2) is 5.78 Å².